The first-order chi connectivity index (χ1) is 12.9. The first-order valence-corrected chi connectivity index (χ1v) is 9.77. The molecule has 2 aromatic carbocycles. The molecule has 0 aliphatic heterocycles. The third-order valence-electron chi connectivity index (χ3n) is 4.95. The quantitative estimate of drug-likeness (QED) is 0.523. The van der Waals surface area contributed by atoms with Gasteiger partial charge in [0.2, 0.25) is 0 Å². The maximum atomic E-state index is 13.1. The van der Waals surface area contributed by atoms with E-state index in [0.717, 1.165) is 43.6 Å². The van der Waals surface area contributed by atoms with Gasteiger partial charge in [0.1, 0.15) is 11.6 Å². The average molecular weight is 365 g/mol. The van der Waals surface area contributed by atoms with Gasteiger partial charge in [-0.15, -0.1) is 0 Å². The van der Waals surface area contributed by atoms with E-state index in [9.17, 15) is 4.39 Å². The molecule has 0 bridgehead atoms. The van der Waals surface area contributed by atoms with Crippen LogP contribution < -0.4 is 0 Å². The van der Waals surface area contributed by atoms with E-state index in [0.29, 0.717) is 0 Å². The molecule has 1 aromatic heterocycles. The number of imidazole rings is 1. The minimum atomic E-state index is -0.184. The summed E-state index contributed by atoms with van der Waals surface area (Å²) in [6.07, 6.45) is 5.93. The average Bonchev–Trinajstić information content (AvgIpc) is 3.05. The van der Waals surface area contributed by atoms with E-state index in [4.69, 9.17) is 4.98 Å². The number of aromatic nitrogens is 2. The van der Waals surface area contributed by atoms with Crippen molar-refractivity contribution in [3.8, 4) is 0 Å². The Morgan fingerprint density at radius 3 is 2.19 bits per heavy atom. The molecule has 0 N–H and O–H groups in total. The molecule has 0 aliphatic rings. The van der Waals surface area contributed by atoms with Crippen LogP contribution in [0.4, 0.5) is 4.39 Å². The fraction of sp³-hybridized carbons (Fsp3) is 0.375. The molecule has 0 radical (unpaired) electrons. The van der Waals surface area contributed by atoms with Gasteiger partial charge in [-0.3, -0.25) is 0 Å². The van der Waals surface area contributed by atoms with Crippen LogP contribution in [0.3, 0.4) is 0 Å². The van der Waals surface area contributed by atoms with Crippen LogP contribution in [-0.2, 0) is 31.2 Å². The highest BCUT2D eigenvalue weighted by Gasteiger charge is 2.21. The normalized spacial score (nSPS) is 11.7. The lowest BCUT2D eigenvalue weighted by molar-refractivity contribution is 0.495. The highest BCUT2D eigenvalue weighted by molar-refractivity contribution is 5.19. The van der Waals surface area contributed by atoms with E-state index in [-0.39, 0.29) is 11.2 Å². The van der Waals surface area contributed by atoms with Crippen LogP contribution in [0.1, 0.15) is 49.8 Å². The largest absolute Gasteiger partial charge is 0.331 e. The van der Waals surface area contributed by atoms with E-state index in [1.54, 1.807) is 0 Å². The van der Waals surface area contributed by atoms with Gasteiger partial charge in [0, 0.05) is 30.3 Å². The molecule has 0 unspecified atom stereocenters. The maximum absolute atomic E-state index is 13.1. The lowest BCUT2D eigenvalue weighted by Crippen LogP contribution is -2.19. The van der Waals surface area contributed by atoms with Crippen molar-refractivity contribution in [2.45, 2.75) is 58.4 Å². The smallest absolute Gasteiger partial charge is 0.123 e. The van der Waals surface area contributed by atoms with Crippen molar-refractivity contribution in [1.82, 2.24) is 9.55 Å². The number of rotatable bonds is 7. The Morgan fingerprint density at radius 2 is 1.52 bits per heavy atom. The molecule has 0 atom stereocenters. The molecule has 0 saturated heterocycles. The fourth-order valence-corrected chi connectivity index (χ4v) is 3.45. The van der Waals surface area contributed by atoms with Crippen molar-refractivity contribution in [1.29, 1.82) is 0 Å². The van der Waals surface area contributed by atoms with Crippen LogP contribution in [0, 0.1) is 5.82 Å². The van der Waals surface area contributed by atoms with Crippen LogP contribution in [0.15, 0.2) is 60.8 Å². The first kappa shape index (κ1) is 19.3. The van der Waals surface area contributed by atoms with Crippen molar-refractivity contribution < 1.29 is 4.39 Å². The lowest BCUT2D eigenvalue weighted by Gasteiger charge is -2.22. The number of hydrogen-bond acceptors (Lipinski definition) is 1. The number of aryl methyl sites for hydroxylation is 3. The summed E-state index contributed by atoms with van der Waals surface area (Å²) in [5, 5.41) is 0. The van der Waals surface area contributed by atoms with Crippen molar-refractivity contribution in [3.05, 3.63) is 89.3 Å². The van der Waals surface area contributed by atoms with E-state index in [2.05, 4.69) is 55.7 Å². The predicted molar refractivity (Wildman–Crippen MR) is 109 cm³/mol. The molecular formula is C24H29FN2. The van der Waals surface area contributed by atoms with Gasteiger partial charge in [0.15, 0.2) is 0 Å². The molecule has 0 saturated carbocycles. The fourth-order valence-electron chi connectivity index (χ4n) is 3.45. The summed E-state index contributed by atoms with van der Waals surface area (Å²) in [5.41, 5.74) is 3.87. The molecule has 0 aliphatic carbocycles. The van der Waals surface area contributed by atoms with E-state index in [1.807, 2.05) is 18.3 Å². The molecule has 27 heavy (non-hydrogen) atoms. The van der Waals surface area contributed by atoms with E-state index in [1.165, 1.54) is 23.4 Å². The maximum Gasteiger partial charge on any atom is 0.123 e. The second-order valence-electron chi connectivity index (χ2n) is 8.18. The summed E-state index contributed by atoms with van der Waals surface area (Å²) in [6, 6.07) is 17.4. The van der Waals surface area contributed by atoms with Gasteiger partial charge < -0.3 is 4.57 Å². The predicted octanol–water partition coefficient (Wildman–Crippen LogP) is 5.74. The molecule has 0 spiro atoms. The summed E-state index contributed by atoms with van der Waals surface area (Å²) in [5.74, 6) is 0.938. The SMILES string of the molecule is CC(C)(C)c1cnc(CCc2ccc(F)cc2)n1CCCc1ccccc1. The van der Waals surface area contributed by atoms with Gasteiger partial charge in [0.05, 0.1) is 0 Å². The van der Waals surface area contributed by atoms with Gasteiger partial charge in [-0.25, -0.2) is 9.37 Å². The summed E-state index contributed by atoms with van der Waals surface area (Å²) in [4.78, 5) is 4.73. The second-order valence-corrected chi connectivity index (χ2v) is 8.18. The first-order valence-electron chi connectivity index (χ1n) is 9.77. The van der Waals surface area contributed by atoms with Gasteiger partial charge in [-0.2, -0.15) is 0 Å². The standard InChI is InChI=1S/C24H29FN2/c1-24(2,3)22-18-26-23(16-13-20-11-14-21(25)15-12-20)27(22)17-7-10-19-8-5-4-6-9-19/h4-6,8-9,11-12,14-15,18H,7,10,13,16-17H2,1-3H3. The topological polar surface area (TPSA) is 17.8 Å². The molecular weight excluding hydrogens is 335 g/mol. The lowest BCUT2D eigenvalue weighted by atomic mass is 9.92. The third-order valence-corrected chi connectivity index (χ3v) is 4.95. The Morgan fingerprint density at radius 1 is 0.852 bits per heavy atom. The number of halogens is 1. The van der Waals surface area contributed by atoms with Crippen molar-refractivity contribution in [2.75, 3.05) is 0 Å². The van der Waals surface area contributed by atoms with Gasteiger partial charge >= 0.3 is 0 Å². The van der Waals surface area contributed by atoms with Crippen molar-refractivity contribution in [2.24, 2.45) is 0 Å². The summed E-state index contributed by atoms with van der Waals surface area (Å²) < 4.78 is 15.5. The third kappa shape index (κ3) is 5.29. The van der Waals surface area contributed by atoms with Crippen LogP contribution in [-0.4, -0.2) is 9.55 Å². The Balaban J connectivity index is 1.71. The summed E-state index contributed by atoms with van der Waals surface area (Å²) in [6.45, 7) is 7.69. The van der Waals surface area contributed by atoms with Gasteiger partial charge in [-0.05, 0) is 42.5 Å². The van der Waals surface area contributed by atoms with E-state index >= 15 is 0 Å². The minimum absolute atomic E-state index is 0.0634. The van der Waals surface area contributed by atoms with E-state index < -0.39 is 0 Å². The van der Waals surface area contributed by atoms with Crippen LogP contribution in [0.5, 0.6) is 0 Å². The molecule has 1 heterocycles. The summed E-state index contributed by atoms with van der Waals surface area (Å²) >= 11 is 0. The zero-order valence-electron chi connectivity index (χ0n) is 16.6. The number of benzene rings is 2. The zero-order chi connectivity index (χ0) is 19.3. The van der Waals surface area contributed by atoms with Gasteiger partial charge in [-0.1, -0.05) is 63.2 Å². The second kappa shape index (κ2) is 8.51. The Hall–Kier alpha value is -2.42. The number of hydrogen-bond donors (Lipinski definition) is 0. The van der Waals surface area contributed by atoms with Crippen LogP contribution >= 0.6 is 0 Å². The number of nitrogens with zero attached hydrogens (tertiary/aromatic N) is 2. The molecule has 0 amide bonds. The highest BCUT2D eigenvalue weighted by Crippen LogP contribution is 2.24. The van der Waals surface area contributed by atoms with Crippen molar-refractivity contribution >= 4 is 0 Å². The molecule has 2 nitrogen and oxygen atoms in total. The zero-order valence-corrected chi connectivity index (χ0v) is 16.6. The van der Waals surface area contributed by atoms with Crippen LogP contribution in [0.2, 0.25) is 0 Å². The monoisotopic (exact) mass is 364 g/mol. The molecule has 3 heteroatoms. The molecule has 3 rings (SSSR count). The molecule has 3 aromatic rings. The Bertz CT molecular complexity index is 842. The van der Waals surface area contributed by atoms with Gasteiger partial charge in [0.25, 0.3) is 0 Å². The van der Waals surface area contributed by atoms with Crippen LogP contribution in [0.25, 0.3) is 0 Å². The Kier molecular flexibility index (Phi) is 6.10. The Labute approximate surface area is 162 Å². The molecule has 142 valence electrons. The summed E-state index contributed by atoms with van der Waals surface area (Å²) in [7, 11) is 0. The minimum Gasteiger partial charge on any atom is -0.331 e. The van der Waals surface area contributed by atoms with Crippen molar-refractivity contribution in [3.63, 3.8) is 0 Å². The highest BCUT2D eigenvalue weighted by atomic mass is 19.1. The molecule has 0 fully saturated rings.